The third kappa shape index (κ3) is 4.28. The van der Waals surface area contributed by atoms with Crippen LogP contribution < -0.4 is 5.73 Å². The number of carbonyl (C=O) groups excluding carboxylic acids is 2. The van der Waals surface area contributed by atoms with Crippen LogP contribution in [-0.4, -0.2) is 54.3 Å². The van der Waals surface area contributed by atoms with Gasteiger partial charge in [-0.3, -0.25) is 14.5 Å². The highest BCUT2D eigenvalue weighted by Gasteiger charge is 2.22. The molecule has 0 unspecified atom stereocenters. The number of amides is 2. The predicted octanol–water partition coefficient (Wildman–Crippen LogP) is 1.39. The summed E-state index contributed by atoms with van der Waals surface area (Å²) in [6.45, 7) is 5.01. The molecule has 114 valence electrons. The molecule has 1 heterocycles. The van der Waals surface area contributed by atoms with Crippen molar-refractivity contribution in [3.05, 3.63) is 33.8 Å². The van der Waals surface area contributed by atoms with Gasteiger partial charge < -0.3 is 10.6 Å². The van der Waals surface area contributed by atoms with Crippen molar-refractivity contribution in [1.82, 2.24) is 9.80 Å². The lowest BCUT2D eigenvalue weighted by Crippen LogP contribution is -2.38. The van der Waals surface area contributed by atoms with Gasteiger partial charge in [0.2, 0.25) is 5.91 Å². The molecule has 1 fully saturated rings. The van der Waals surface area contributed by atoms with Gasteiger partial charge in [0.15, 0.2) is 0 Å². The van der Waals surface area contributed by atoms with Crippen LogP contribution in [0.25, 0.3) is 0 Å². The van der Waals surface area contributed by atoms with Crippen molar-refractivity contribution in [2.45, 2.75) is 13.3 Å². The molecule has 1 saturated heterocycles. The van der Waals surface area contributed by atoms with Crippen molar-refractivity contribution in [3.63, 3.8) is 0 Å². The van der Waals surface area contributed by atoms with Crippen LogP contribution in [-0.2, 0) is 4.79 Å². The molecule has 0 radical (unpaired) electrons. The second-order valence-corrected chi connectivity index (χ2v) is 6.26. The number of halogens is 1. The largest absolute Gasteiger partial charge is 0.369 e. The summed E-state index contributed by atoms with van der Waals surface area (Å²) >= 11 is 3.41. The second kappa shape index (κ2) is 7.04. The van der Waals surface area contributed by atoms with Crippen LogP contribution >= 0.6 is 15.9 Å². The molecule has 0 saturated carbocycles. The summed E-state index contributed by atoms with van der Waals surface area (Å²) in [5.41, 5.74) is 6.93. The van der Waals surface area contributed by atoms with E-state index < -0.39 is 0 Å². The number of aryl methyl sites for hydroxylation is 1. The topological polar surface area (TPSA) is 66.6 Å². The lowest BCUT2D eigenvalue weighted by molar-refractivity contribution is -0.119. The summed E-state index contributed by atoms with van der Waals surface area (Å²) in [5, 5.41) is 0. The van der Waals surface area contributed by atoms with Gasteiger partial charge in [-0.15, -0.1) is 0 Å². The van der Waals surface area contributed by atoms with Gasteiger partial charge in [0.1, 0.15) is 0 Å². The Hall–Kier alpha value is -1.40. The van der Waals surface area contributed by atoms with Gasteiger partial charge in [0.05, 0.1) is 6.54 Å². The summed E-state index contributed by atoms with van der Waals surface area (Å²) in [6, 6.07) is 5.74. The lowest BCUT2D eigenvalue weighted by atomic mass is 10.1. The first-order valence-corrected chi connectivity index (χ1v) is 7.83. The summed E-state index contributed by atoms with van der Waals surface area (Å²) in [7, 11) is 0. The maximum absolute atomic E-state index is 12.6. The minimum Gasteiger partial charge on any atom is -0.369 e. The Labute approximate surface area is 133 Å². The normalized spacial score (nSPS) is 16.6. The van der Waals surface area contributed by atoms with E-state index >= 15 is 0 Å². The Kier molecular flexibility index (Phi) is 5.36. The molecule has 1 aliphatic rings. The van der Waals surface area contributed by atoms with Gasteiger partial charge in [-0.25, -0.2) is 0 Å². The molecule has 1 aliphatic heterocycles. The molecule has 21 heavy (non-hydrogen) atoms. The van der Waals surface area contributed by atoms with Crippen LogP contribution in [0.4, 0.5) is 0 Å². The summed E-state index contributed by atoms with van der Waals surface area (Å²) in [5.74, 6) is -0.271. The number of carbonyl (C=O) groups is 2. The number of rotatable bonds is 3. The molecular formula is C15H20BrN3O2. The molecule has 2 N–H and O–H groups in total. The molecule has 5 nitrogen and oxygen atoms in total. The van der Waals surface area contributed by atoms with E-state index in [4.69, 9.17) is 5.73 Å². The van der Waals surface area contributed by atoms with Crippen molar-refractivity contribution in [2.75, 3.05) is 32.7 Å². The minimum absolute atomic E-state index is 0.0507. The second-order valence-electron chi connectivity index (χ2n) is 5.35. The third-order valence-electron chi connectivity index (χ3n) is 3.69. The first-order valence-electron chi connectivity index (χ1n) is 7.03. The van der Waals surface area contributed by atoms with E-state index in [1.807, 2.05) is 34.9 Å². The Bertz CT molecular complexity index is 548. The van der Waals surface area contributed by atoms with Crippen LogP contribution in [0.1, 0.15) is 22.3 Å². The number of nitrogens with zero attached hydrogens (tertiary/aromatic N) is 2. The first kappa shape index (κ1) is 16.0. The summed E-state index contributed by atoms with van der Waals surface area (Å²) in [4.78, 5) is 27.5. The van der Waals surface area contributed by atoms with Crippen molar-refractivity contribution >= 4 is 27.7 Å². The van der Waals surface area contributed by atoms with Crippen LogP contribution in [0.5, 0.6) is 0 Å². The molecular weight excluding hydrogens is 334 g/mol. The van der Waals surface area contributed by atoms with Gasteiger partial charge >= 0.3 is 0 Å². The molecule has 0 spiro atoms. The number of primary amides is 1. The zero-order chi connectivity index (χ0) is 15.4. The molecule has 2 amide bonds. The Balaban J connectivity index is 2.06. The molecule has 0 aliphatic carbocycles. The summed E-state index contributed by atoms with van der Waals surface area (Å²) in [6.07, 6.45) is 0.853. The van der Waals surface area contributed by atoms with Crippen molar-refractivity contribution in [3.8, 4) is 0 Å². The van der Waals surface area contributed by atoms with Crippen LogP contribution in [0, 0.1) is 6.92 Å². The van der Waals surface area contributed by atoms with E-state index in [-0.39, 0.29) is 18.4 Å². The third-order valence-corrected chi connectivity index (χ3v) is 4.18. The quantitative estimate of drug-likeness (QED) is 0.892. The summed E-state index contributed by atoms with van der Waals surface area (Å²) < 4.78 is 0.904. The smallest absolute Gasteiger partial charge is 0.254 e. The molecule has 1 aromatic rings. The van der Waals surface area contributed by atoms with Gasteiger partial charge in [-0.05, 0) is 31.0 Å². The number of nitrogens with two attached hydrogens (primary N) is 1. The van der Waals surface area contributed by atoms with Crippen molar-refractivity contribution in [1.29, 1.82) is 0 Å². The highest BCUT2D eigenvalue weighted by atomic mass is 79.9. The van der Waals surface area contributed by atoms with Gasteiger partial charge in [-0.2, -0.15) is 0 Å². The maximum Gasteiger partial charge on any atom is 0.254 e. The standard InChI is InChI=1S/C15H20BrN3O2/c1-11-3-4-12(16)9-13(11)15(21)19-6-2-5-18(7-8-19)10-14(17)20/h3-4,9H,2,5-8,10H2,1H3,(H2,17,20). The van der Waals surface area contributed by atoms with Gasteiger partial charge in [-0.1, -0.05) is 22.0 Å². The number of benzene rings is 1. The van der Waals surface area contributed by atoms with E-state index in [9.17, 15) is 9.59 Å². The molecule has 6 heteroatoms. The van der Waals surface area contributed by atoms with Crippen LogP contribution in [0.3, 0.4) is 0 Å². The Morgan fingerprint density at radius 3 is 2.71 bits per heavy atom. The Morgan fingerprint density at radius 2 is 2.00 bits per heavy atom. The fraction of sp³-hybridized carbons (Fsp3) is 0.467. The molecule has 0 bridgehead atoms. The predicted molar refractivity (Wildman–Crippen MR) is 85.0 cm³/mol. The van der Waals surface area contributed by atoms with Crippen molar-refractivity contribution in [2.24, 2.45) is 5.73 Å². The van der Waals surface area contributed by atoms with Crippen LogP contribution in [0.15, 0.2) is 22.7 Å². The van der Waals surface area contributed by atoms with Gasteiger partial charge in [0.25, 0.3) is 5.91 Å². The van der Waals surface area contributed by atoms with Crippen molar-refractivity contribution < 1.29 is 9.59 Å². The lowest BCUT2D eigenvalue weighted by Gasteiger charge is -2.22. The van der Waals surface area contributed by atoms with E-state index in [1.54, 1.807) is 0 Å². The fourth-order valence-corrected chi connectivity index (χ4v) is 2.91. The van der Waals surface area contributed by atoms with E-state index in [1.165, 1.54) is 0 Å². The molecule has 0 atom stereocenters. The monoisotopic (exact) mass is 353 g/mol. The minimum atomic E-state index is -0.322. The first-order chi connectivity index (χ1) is 9.97. The maximum atomic E-state index is 12.6. The zero-order valence-corrected chi connectivity index (χ0v) is 13.7. The average molecular weight is 354 g/mol. The number of hydrogen-bond donors (Lipinski definition) is 1. The highest BCUT2D eigenvalue weighted by Crippen LogP contribution is 2.18. The Morgan fingerprint density at radius 1 is 1.24 bits per heavy atom. The zero-order valence-electron chi connectivity index (χ0n) is 12.1. The highest BCUT2D eigenvalue weighted by molar-refractivity contribution is 9.10. The fourth-order valence-electron chi connectivity index (χ4n) is 2.55. The molecule has 0 aromatic heterocycles. The van der Waals surface area contributed by atoms with Crippen LogP contribution in [0.2, 0.25) is 0 Å². The molecule has 1 aromatic carbocycles. The number of hydrogen-bond acceptors (Lipinski definition) is 3. The van der Waals surface area contributed by atoms with E-state index in [2.05, 4.69) is 15.9 Å². The van der Waals surface area contributed by atoms with E-state index in [0.717, 1.165) is 28.6 Å². The SMILES string of the molecule is Cc1ccc(Br)cc1C(=O)N1CCCN(CC(N)=O)CC1. The molecule has 2 rings (SSSR count). The average Bonchev–Trinajstić information content (AvgIpc) is 2.66. The van der Waals surface area contributed by atoms with Gasteiger partial charge in [0, 0.05) is 36.2 Å². The van der Waals surface area contributed by atoms with E-state index in [0.29, 0.717) is 19.6 Å².